The molecule has 0 aliphatic rings. The van der Waals surface area contributed by atoms with Crippen LogP contribution in [0.25, 0.3) is 16.8 Å². The molecule has 0 saturated heterocycles. The lowest BCUT2D eigenvalue weighted by Gasteiger charge is -2.23. The van der Waals surface area contributed by atoms with E-state index >= 15 is 0 Å². The summed E-state index contributed by atoms with van der Waals surface area (Å²) in [6.07, 6.45) is -1.11. The third-order valence-corrected chi connectivity index (χ3v) is 4.74. The van der Waals surface area contributed by atoms with Crippen LogP contribution in [0.3, 0.4) is 0 Å². The smallest absolute Gasteiger partial charge is 0.182 e. The molecule has 1 heterocycles. The molecular formula is C21H26N4O2. The number of benzene rings is 2. The second-order valence-corrected chi connectivity index (χ2v) is 6.70. The van der Waals surface area contributed by atoms with Crippen LogP contribution < -0.4 is 16.6 Å². The van der Waals surface area contributed by atoms with Gasteiger partial charge in [-0.1, -0.05) is 12.1 Å². The van der Waals surface area contributed by atoms with Gasteiger partial charge < -0.3 is 25.2 Å². The largest absolute Gasteiger partial charge is 0.397 e. The molecule has 5 N–H and O–H groups in total. The van der Waals surface area contributed by atoms with Crippen LogP contribution in [0.5, 0.6) is 0 Å². The topological polar surface area (TPSA) is 89.7 Å². The minimum absolute atomic E-state index is 0.477. The minimum Gasteiger partial charge on any atom is -0.397 e. The van der Waals surface area contributed by atoms with E-state index in [1.807, 2.05) is 24.3 Å². The van der Waals surface area contributed by atoms with Crippen molar-refractivity contribution in [1.29, 1.82) is 0 Å². The maximum absolute atomic E-state index is 10.2. The normalized spacial score (nSPS) is 12.2. The molecule has 1 aromatic heterocycles. The number of aromatic nitrogens is 1. The number of aryl methyl sites for hydroxylation is 2. The van der Waals surface area contributed by atoms with Crippen LogP contribution in [0.4, 0.5) is 11.4 Å². The second-order valence-electron chi connectivity index (χ2n) is 6.70. The van der Waals surface area contributed by atoms with Gasteiger partial charge in [-0.15, -0.1) is 0 Å². The summed E-state index contributed by atoms with van der Waals surface area (Å²) in [4.78, 5) is 0. The van der Waals surface area contributed by atoms with Crippen LogP contribution in [-0.4, -0.2) is 23.8 Å². The molecule has 0 amide bonds. The first-order valence-electron chi connectivity index (χ1n) is 8.72. The molecule has 0 bridgehead atoms. The number of nitrogen functional groups attached to an aromatic ring is 1. The highest BCUT2D eigenvalue weighted by atomic mass is 16.6. The molecule has 3 rings (SSSR count). The van der Waals surface area contributed by atoms with Crippen LogP contribution in [0, 0.1) is 13.8 Å². The van der Waals surface area contributed by atoms with E-state index in [2.05, 4.69) is 42.7 Å². The van der Waals surface area contributed by atoms with Crippen LogP contribution in [0.15, 0.2) is 48.5 Å². The number of hydrogen-bond acceptors (Lipinski definition) is 5. The Labute approximate surface area is 159 Å². The van der Waals surface area contributed by atoms with Crippen molar-refractivity contribution in [2.24, 2.45) is 5.84 Å². The molecule has 6 nitrogen and oxygen atoms in total. The highest BCUT2D eigenvalue weighted by Crippen LogP contribution is 2.36. The summed E-state index contributed by atoms with van der Waals surface area (Å²) in [6, 6.07) is 16.1. The molecule has 2 aromatic carbocycles. The number of nitrogens with two attached hydrogens (primary N) is 2. The van der Waals surface area contributed by atoms with Crippen molar-refractivity contribution in [3.8, 4) is 16.8 Å². The molecule has 1 unspecified atom stereocenters. The van der Waals surface area contributed by atoms with Gasteiger partial charge in [0.2, 0.25) is 0 Å². The van der Waals surface area contributed by atoms with Gasteiger partial charge in [-0.05, 0) is 61.4 Å². The monoisotopic (exact) mass is 366 g/mol. The first-order valence-corrected chi connectivity index (χ1v) is 8.72. The molecule has 142 valence electrons. The van der Waals surface area contributed by atoms with Crippen LogP contribution in [0.1, 0.15) is 23.2 Å². The zero-order valence-electron chi connectivity index (χ0n) is 16.1. The lowest BCUT2D eigenvalue weighted by atomic mass is 9.99. The van der Waals surface area contributed by atoms with E-state index in [0.29, 0.717) is 16.9 Å². The Balaban J connectivity index is 2.05. The number of hydrazine groups is 1. The van der Waals surface area contributed by atoms with Crippen molar-refractivity contribution in [2.45, 2.75) is 20.1 Å². The van der Waals surface area contributed by atoms with Crippen LogP contribution in [-0.2, 0) is 4.74 Å². The number of hydrogen-bond donors (Lipinski definition) is 3. The maximum Gasteiger partial charge on any atom is 0.182 e. The summed E-state index contributed by atoms with van der Waals surface area (Å²) in [6.45, 7) is 4.17. The van der Waals surface area contributed by atoms with E-state index < -0.39 is 6.29 Å². The SMILES string of the molecule is COC(O)c1cc(-c2ccc(-n3c(C)ccc3C)cc2)cc(N)c1N(C)N. The fourth-order valence-electron chi connectivity index (χ4n) is 3.45. The zero-order valence-corrected chi connectivity index (χ0v) is 16.1. The van der Waals surface area contributed by atoms with Gasteiger partial charge in [-0.25, -0.2) is 5.84 Å². The Kier molecular flexibility index (Phi) is 5.23. The molecule has 1 atom stereocenters. The molecule has 0 fully saturated rings. The van der Waals surface area contributed by atoms with Gasteiger partial charge >= 0.3 is 0 Å². The van der Waals surface area contributed by atoms with Crippen molar-refractivity contribution in [3.63, 3.8) is 0 Å². The average molecular weight is 366 g/mol. The molecule has 0 saturated carbocycles. The van der Waals surface area contributed by atoms with E-state index in [0.717, 1.165) is 16.8 Å². The number of rotatable bonds is 5. The Morgan fingerprint density at radius 2 is 1.59 bits per heavy atom. The molecule has 0 spiro atoms. The van der Waals surface area contributed by atoms with E-state index in [4.69, 9.17) is 16.3 Å². The van der Waals surface area contributed by atoms with Gasteiger partial charge in [-0.2, -0.15) is 0 Å². The number of methoxy groups -OCH3 is 1. The predicted octanol–water partition coefficient (Wildman–Crippen LogP) is 3.29. The number of anilines is 2. The predicted molar refractivity (Wildman–Crippen MR) is 110 cm³/mol. The lowest BCUT2D eigenvalue weighted by molar-refractivity contribution is -0.0765. The highest BCUT2D eigenvalue weighted by molar-refractivity contribution is 5.80. The van der Waals surface area contributed by atoms with Crippen molar-refractivity contribution >= 4 is 11.4 Å². The van der Waals surface area contributed by atoms with E-state index in [-0.39, 0.29) is 0 Å². The standard InChI is InChI=1S/C21H26N4O2/c1-13-5-6-14(2)25(13)17-9-7-15(8-10-17)16-11-18(21(26)27-4)20(24(3)23)19(22)12-16/h5-12,21,26H,22-23H2,1-4H3. The van der Waals surface area contributed by atoms with Gasteiger partial charge in [0, 0.05) is 36.8 Å². The van der Waals surface area contributed by atoms with E-state index in [1.165, 1.54) is 23.5 Å². The van der Waals surface area contributed by atoms with Gasteiger partial charge in [0.15, 0.2) is 6.29 Å². The Hall–Kier alpha value is -2.80. The fraction of sp³-hybridized carbons (Fsp3) is 0.238. The lowest BCUT2D eigenvalue weighted by Crippen LogP contribution is -2.28. The zero-order chi connectivity index (χ0) is 19.7. The highest BCUT2D eigenvalue weighted by Gasteiger charge is 2.18. The number of ether oxygens (including phenoxy) is 1. The maximum atomic E-state index is 10.2. The third kappa shape index (κ3) is 3.55. The third-order valence-electron chi connectivity index (χ3n) is 4.74. The molecule has 0 aliphatic heterocycles. The van der Waals surface area contributed by atoms with Gasteiger partial charge in [0.25, 0.3) is 0 Å². The van der Waals surface area contributed by atoms with Crippen molar-refractivity contribution in [2.75, 3.05) is 24.9 Å². The summed E-state index contributed by atoms with van der Waals surface area (Å²) in [7, 11) is 3.11. The summed E-state index contributed by atoms with van der Waals surface area (Å²) >= 11 is 0. The summed E-state index contributed by atoms with van der Waals surface area (Å²) in [5.41, 5.74) is 13.1. The van der Waals surface area contributed by atoms with Crippen LogP contribution >= 0.6 is 0 Å². The van der Waals surface area contributed by atoms with E-state index in [1.54, 1.807) is 7.05 Å². The van der Waals surface area contributed by atoms with Gasteiger partial charge in [-0.3, -0.25) is 0 Å². The molecule has 0 aliphatic carbocycles. The van der Waals surface area contributed by atoms with Crippen molar-refractivity contribution in [3.05, 3.63) is 65.5 Å². The quantitative estimate of drug-likeness (QED) is 0.279. The fourth-order valence-corrected chi connectivity index (χ4v) is 3.45. The Bertz CT molecular complexity index is 926. The summed E-state index contributed by atoms with van der Waals surface area (Å²) in [5, 5.41) is 11.6. The van der Waals surface area contributed by atoms with E-state index in [9.17, 15) is 5.11 Å². The number of nitrogens with zero attached hydrogens (tertiary/aromatic N) is 2. The summed E-state index contributed by atoms with van der Waals surface area (Å²) in [5.74, 6) is 5.88. The second kappa shape index (κ2) is 7.44. The molecule has 3 aromatic rings. The first kappa shape index (κ1) is 19.0. The van der Waals surface area contributed by atoms with Crippen molar-refractivity contribution < 1.29 is 9.84 Å². The molecule has 27 heavy (non-hydrogen) atoms. The Morgan fingerprint density at radius 3 is 2.11 bits per heavy atom. The Morgan fingerprint density at radius 1 is 1.00 bits per heavy atom. The molecular weight excluding hydrogens is 340 g/mol. The number of aliphatic hydroxyl groups is 1. The minimum atomic E-state index is -1.11. The van der Waals surface area contributed by atoms with Gasteiger partial charge in [0.05, 0.1) is 11.4 Å². The molecule has 6 heteroatoms. The van der Waals surface area contributed by atoms with Crippen LogP contribution in [0.2, 0.25) is 0 Å². The average Bonchev–Trinajstić information content (AvgIpc) is 2.98. The molecule has 0 radical (unpaired) electrons. The first-order chi connectivity index (χ1) is 12.8. The van der Waals surface area contributed by atoms with Crippen molar-refractivity contribution in [1.82, 2.24) is 4.57 Å². The summed E-state index contributed by atoms with van der Waals surface area (Å²) < 4.78 is 7.28. The van der Waals surface area contributed by atoms with Gasteiger partial charge in [0.1, 0.15) is 0 Å². The number of aliphatic hydroxyl groups excluding tert-OH is 1.